The minimum Gasteiger partial charge on any atom is -0.468 e. The summed E-state index contributed by atoms with van der Waals surface area (Å²) in [5.74, 6) is -0.464. The zero-order chi connectivity index (χ0) is 13.4. The highest BCUT2D eigenvalue weighted by atomic mass is 16.6. The van der Waals surface area contributed by atoms with Gasteiger partial charge in [-0.15, -0.1) is 0 Å². The Kier molecular flexibility index (Phi) is 5.70. The van der Waals surface area contributed by atoms with Crippen LogP contribution in [-0.2, 0) is 20.9 Å². The summed E-state index contributed by atoms with van der Waals surface area (Å²) in [5.41, 5.74) is 0.903. The third-order valence-electron chi connectivity index (χ3n) is 2.39. The van der Waals surface area contributed by atoms with Gasteiger partial charge in [0, 0.05) is 6.54 Å². The Bertz CT molecular complexity index is 391. The predicted octanol–water partition coefficient (Wildman–Crippen LogP) is 1.82. The molecule has 1 rings (SSSR count). The van der Waals surface area contributed by atoms with Gasteiger partial charge >= 0.3 is 12.1 Å². The van der Waals surface area contributed by atoms with Crippen LogP contribution in [0.3, 0.4) is 0 Å². The van der Waals surface area contributed by atoms with Gasteiger partial charge in [-0.05, 0) is 12.5 Å². The number of hydrogen-bond donors (Lipinski definition) is 0. The Morgan fingerprint density at radius 2 is 1.89 bits per heavy atom. The fourth-order valence-electron chi connectivity index (χ4n) is 1.34. The van der Waals surface area contributed by atoms with Gasteiger partial charge in [-0.3, -0.25) is 9.69 Å². The lowest BCUT2D eigenvalue weighted by Gasteiger charge is -2.18. The normalized spacial score (nSPS) is 9.67. The van der Waals surface area contributed by atoms with Crippen LogP contribution in [0.2, 0.25) is 0 Å². The molecule has 0 aromatic heterocycles. The predicted molar refractivity (Wildman–Crippen MR) is 65.9 cm³/mol. The maximum atomic E-state index is 11.7. The van der Waals surface area contributed by atoms with Crippen LogP contribution in [0.1, 0.15) is 12.5 Å². The molecule has 1 aromatic carbocycles. The van der Waals surface area contributed by atoms with Crippen molar-refractivity contribution in [2.75, 3.05) is 20.2 Å². The second kappa shape index (κ2) is 7.32. The molecule has 1 aromatic rings. The smallest absolute Gasteiger partial charge is 0.410 e. The summed E-state index contributed by atoms with van der Waals surface area (Å²) < 4.78 is 9.61. The van der Waals surface area contributed by atoms with E-state index >= 15 is 0 Å². The summed E-state index contributed by atoms with van der Waals surface area (Å²) in [6, 6.07) is 9.36. The molecule has 5 nitrogen and oxygen atoms in total. The van der Waals surface area contributed by atoms with E-state index in [2.05, 4.69) is 4.74 Å². The Morgan fingerprint density at radius 1 is 1.22 bits per heavy atom. The Morgan fingerprint density at radius 3 is 2.44 bits per heavy atom. The molecular weight excluding hydrogens is 234 g/mol. The van der Waals surface area contributed by atoms with Crippen molar-refractivity contribution in [3.63, 3.8) is 0 Å². The van der Waals surface area contributed by atoms with Crippen molar-refractivity contribution in [1.29, 1.82) is 0 Å². The van der Waals surface area contributed by atoms with Gasteiger partial charge in [0.25, 0.3) is 0 Å². The number of ether oxygens (including phenoxy) is 2. The van der Waals surface area contributed by atoms with Gasteiger partial charge in [0.15, 0.2) is 0 Å². The summed E-state index contributed by atoms with van der Waals surface area (Å²) in [5, 5.41) is 0. The van der Waals surface area contributed by atoms with Crippen LogP contribution in [0.5, 0.6) is 0 Å². The van der Waals surface area contributed by atoms with E-state index in [0.717, 1.165) is 5.56 Å². The molecule has 0 fully saturated rings. The topological polar surface area (TPSA) is 55.8 Å². The highest BCUT2D eigenvalue weighted by Crippen LogP contribution is 2.03. The average Bonchev–Trinajstić information content (AvgIpc) is 2.42. The third-order valence-corrected chi connectivity index (χ3v) is 2.39. The van der Waals surface area contributed by atoms with Crippen molar-refractivity contribution in [2.45, 2.75) is 13.5 Å². The van der Waals surface area contributed by atoms with Gasteiger partial charge in [-0.25, -0.2) is 4.79 Å². The van der Waals surface area contributed by atoms with Crippen LogP contribution in [0.4, 0.5) is 4.79 Å². The molecule has 0 aliphatic rings. The highest BCUT2D eigenvalue weighted by Gasteiger charge is 2.16. The van der Waals surface area contributed by atoms with Gasteiger partial charge in [-0.2, -0.15) is 0 Å². The molecule has 0 spiro atoms. The van der Waals surface area contributed by atoms with Crippen molar-refractivity contribution in [2.24, 2.45) is 0 Å². The van der Waals surface area contributed by atoms with Crippen LogP contribution in [0.15, 0.2) is 30.3 Å². The minimum atomic E-state index is -0.522. The number of hydrogen-bond acceptors (Lipinski definition) is 4. The molecule has 0 radical (unpaired) electrons. The largest absolute Gasteiger partial charge is 0.468 e. The number of nitrogens with zero attached hydrogens (tertiary/aromatic N) is 1. The average molecular weight is 251 g/mol. The van der Waals surface area contributed by atoms with E-state index in [-0.39, 0.29) is 13.2 Å². The van der Waals surface area contributed by atoms with E-state index in [1.54, 1.807) is 6.92 Å². The van der Waals surface area contributed by atoms with Crippen molar-refractivity contribution < 1.29 is 19.1 Å². The van der Waals surface area contributed by atoms with Gasteiger partial charge in [0.2, 0.25) is 0 Å². The fraction of sp³-hybridized carbons (Fsp3) is 0.385. The fourth-order valence-corrected chi connectivity index (χ4v) is 1.34. The maximum absolute atomic E-state index is 11.7. The van der Waals surface area contributed by atoms with E-state index in [4.69, 9.17) is 4.74 Å². The standard InChI is InChI=1S/C13H17NO4/c1-3-14(9-12(15)17-2)13(16)18-10-11-7-5-4-6-8-11/h4-8H,3,9-10H2,1-2H3. The third kappa shape index (κ3) is 4.45. The summed E-state index contributed by atoms with van der Waals surface area (Å²) in [7, 11) is 1.28. The highest BCUT2D eigenvalue weighted by molar-refractivity contribution is 5.77. The van der Waals surface area contributed by atoms with Gasteiger partial charge in [0.1, 0.15) is 13.2 Å². The number of amides is 1. The molecule has 0 aliphatic carbocycles. The summed E-state index contributed by atoms with van der Waals surface area (Å²) in [4.78, 5) is 24.1. The molecule has 0 aliphatic heterocycles. The molecule has 5 heteroatoms. The van der Waals surface area contributed by atoms with Crippen molar-refractivity contribution >= 4 is 12.1 Å². The van der Waals surface area contributed by atoms with E-state index in [1.807, 2.05) is 30.3 Å². The van der Waals surface area contributed by atoms with Crippen LogP contribution in [0.25, 0.3) is 0 Å². The number of likely N-dealkylation sites (N-methyl/N-ethyl adjacent to an activating group) is 1. The van der Waals surface area contributed by atoms with E-state index in [1.165, 1.54) is 12.0 Å². The molecule has 1 amide bonds. The monoisotopic (exact) mass is 251 g/mol. The summed E-state index contributed by atoms with van der Waals surface area (Å²) in [6.45, 7) is 2.26. The number of benzene rings is 1. The lowest BCUT2D eigenvalue weighted by molar-refractivity contribution is -0.141. The molecule has 0 atom stereocenters. The number of esters is 1. The van der Waals surface area contributed by atoms with E-state index < -0.39 is 12.1 Å². The first kappa shape index (κ1) is 14.0. The zero-order valence-electron chi connectivity index (χ0n) is 10.6. The number of carbonyl (C=O) groups excluding carboxylic acids is 2. The lowest BCUT2D eigenvalue weighted by atomic mass is 10.2. The lowest BCUT2D eigenvalue weighted by Crippen LogP contribution is -2.36. The first-order chi connectivity index (χ1) is 8.67. The van der Waals surface area contributed by atoms with Crippen LogP contribution >= 0.6 is 0 Å². The first-order valence-electron chi connectivity index (χ1n) is 5.69. The molecule has 18 heavy (non-hydrogen) atoms. The zero-order valence-corrected chi connectivity index (χ0v) is 10.6. The van der Waals surface area contributed by atoms with Gasteiger partial charge in [-0.1, -0.05) is 30.3 Å². The molecule has 0 N–H and O–H groups in total. The quantitative estimate of drug-likeness (QED) is 0.749. The van der Waals surface area contributed by atoms with Gasteiger partial charge in [0.05, 0.1) is 7.11 Å². The molecular formula is C13H17NO4. The van der Waals surface area contributed by atoms with Crippen molar-refractivity contribution in [3.05, 3.63) is 35.9 Å². The SMILES string of the molecule is CCN(CC(=O)OC)C(=O)OCc1ccccc1. The second-order valence-corrected chi connectivity index (χ2v) is 3.63. The molecule has 0 bridgehead atoms. The number of rotatable bonds is 5. The van der Waals surface area contributed by atoms with E-state index in [9.17, 15) is 9.59 Å². The second-order valence-electron chi connectivity index (χ2n) is 3.63. The molecule has 98 valence electrons. The number of carbonyl (C=O) groups is 2. The molecule has 0 saturated heterocycles. The first-order valence-corrected chi connectivity index (χ1v) is 5.69. The Hall–Kier alpha value is -2.04. The molecule has 0 unspecified atom stereocenters. The Balaban J connectivity index is 2.45. The molecule has 0 heterocycles. The number of methoxy groups -OCH3 is 1. The van der Waals surface area contributed by atoms with Crippen LogP contribution < -0.4 is 0 Å². The maximum Gasteiger partial charge on any atom is 0.410 e. The van der Waals surface area contributed by atoms with Crippen molar-refractivity contribution in [1.82, 2.24) is 4.90 Å². The van der Waals surface area contributed by atoms with E-state index in [0.29, 0.717) is 6.54 Å². The van der Waals surface area contributed by atoms with Gasteiger partial charge < -0.3 is 9.47 Å². The molecule has 0 saturated carbocycles. The summed E-state index contributed by atoms with van der Waals surface area (Å²) in [6.07, 6.45) is -0.522. The minimum absolute atomic E-state index is 0.0966. The summed E-state index contributed by atoms with van der Waals surface area (Å²) >= 11 is 0. The Labute approximate surface area is 106 Å². The van der Waals surface area contributed by atoms with Crippen LogP contribution in [0, 0.1) is 0 Å². The van der Waals surface area contributed by atoms with Crippen LogP contribution in [-0.4, -0.2) is 37.2 Å². The van der Waals surface area contributed by atoms with Crippen molar-refractivity contribution in [3.8, 4) is 0 Å².